The van der Waals surface area contributed by atoms with Gasteiger partial charge < -0.3 is 5.32 Å². The van der Waals surface area contributed by atoms with Gasteiger partial charge in [0.1, 0.15) is 5.01 Å². The molecule has 0 spiro atoms. The summed E-state index contributed by atoms with van der Waals surface area (Å²) in [5.74, 6) is 0.690. The van der Waals surface area contributed by atoms with Crippen molar-refractivity contribution in [3.8, 4) is 10.6 Å². The zero-order valence-electron chi connectivity index (χ0n) is 16.9. The van der Waals surface area contributed by atoms with Crippen LogP contribution in [0.4, 0.5) is 5.69 Å². The van der Waals surface area contributed by atoms with Crippen molar-refractivity contribution in [2.45, 2.75) is 20.3 Å². The summed E-state index contributed by atoms with van der Waals surface area (Å²) in [5.41, 5.74) is 3.31. The molecular weight excluding hydrogens is 474 g/mol. The summed E-state index contributed by atoms with van der Waals surface area (Å²) in [5, 5.41) is 18.8. The maximum atomic E-state index is 13.2. The Hall–Kier alpha value is -3.10. The number of aryl methyl sites for hydroxylation is 2. The van der Waals surface area contributed by atoms with E-state index in [1.807, 2.05) is 68.4 Å². The highest BCUT2D eigenvalue weighted by Gasteiger charge is 2.15. The minimum Gasteiger partial charge on any atom is -0.322 e. The summed E-state index contributed by atoms with van der Waals surface area (Å²) in [4.78, 5) is 13.9. The number of carbonyl (C=O) groups excluding carboxylic acids is 1. The molecule has 31 heavy (non-hydrogen) atoms. The third-order valence-corrected chi connectivity index (χ3v) is 6.86. The highest BCUT2D eigenvalue weighted by atomic mass is 79.9. The Labute approximate surface area is 191 Å². The molecule has 6 nitrogen and oxygen atoms in total. The predicted octanol–water partition coefficient (Wildman–Crippen LogP) is 5.89. The third kappa shape index (κ3) is 3.51. The average molecular weight is 492 g/mol. The molecule has 0 saturated heterocycles. The van der Waals surface area contributed by atoms with Gasteiger partial charge in [0, 0.05) is 27.7 Å². The number of halogens is 1. The van der Waals surface area contributed by atoms with Gasteiger partial charge in [-0.3, -0.25) is 4.79 Å². The maximum absolute atomic E-state index is 13.2. The van der Waals surface area contributed by atoms with Crippen LogP contribution in [-0.2, 0) is 6.42 Å². The molecule has 0 aliphatic heterocycles. The fourth-order valence-corrected chi connectivity index (χ4v) is 4.90. The van der Waals surface area contributed by atoms with E-state index >= 15 is 0 Å². The van der Waals surface area contributed by atoms with Crippen LogP contribution >= 0.6 is 27.3 Å². The first-order valence-electron chi connectivity index (χ1n) is 9.86. The smallest absolute Gasteiger partial charge is 0.256 e. The number of carbonyl (C=O) groups is 1. The van der Waals surface area contributed by atoms with E-state index in [0.29, 0.717) is 5.56 Å². The fraction of sp³-hybridized carbons (Fsp3) is 0.130. The molecule has 5 rings (SSSR count). The van der Waals surface area contributed by atoms with Crippen LogP contribution in [0.2, 0.25) is 0 Å². The lowest BCUT2D eigenvalue weighted by atomic mass is 10.0. The van der Waals surface area contributed by atoms with E-state index in [1.54, 1.807) is 4.52 Å². The van der Waals surface area contributed by atoms with Gasteiger partial charge in [0.05, 0.1) is 0 Å². The molecule has 1 amide bonds. The monoisotopic (exact) mass is 491 g/mol. The number of nitrogens with zero attached hydrogens (tertiary/aromatic N) is 4. The van der Waals surface area contributed by atoms with Gasteiger partial charge in [0.2, 0.25) is 4.96 Å². The van der Waals surface area contributed by atoms with Crippen LogP contribution in [-0.4, -0.2) is 25.7 Å². The average Bonchev–Trinajstić information content (AvgIpc) is 3.36. The van der Waals surface area contributed by atoms with Crippen LogP contribution in [0.3, 0.4) is 0 Å². The first-order valence-corrected chi connectivity index (χ1v) is 11.5. The molecule has 0 aliphatic rings. The van der Waals surface area contributed by atoms with Gasteiger partial charge in [-0.15, -0.1) is 10.2 Å². The maximum Gasteiger partial charge on any atom is 0.256 e. The summed E-state index contributed by atoms with van der Waals surface area (Å²) in [6.07, 6.45) is 0.765. The second-order valence-electron chi connectivity index (χ2n) is 7.20. The number of anilines is 1. The molecule has 1 N–H and O–H groups in total. The first kappa shape index (κ1) is 19.8. The van der Waals surface area contributed by atoms with Crippen molar-refractivity contribution in [3.63, 3.8) is 0 Å². The van der Waals surface area contributed by atoms with Crippen molar-refractivity contribution in [1.82, 2.24) is 19.8 Å². The Morgan fingerprint density at radius 3 is 2.74 bits per heavy atom. The van der Waals surface area contributed by atoms with E-state index in [9.17, 15) is 4.79 Å². The number of aromatic nitrogens is 4. The van der Waals surface area contributed by atoms with Crippen LogP contribution < -0.4 is 5.32 Å². The quantitative estimate of drug-likeness (QED) is 0.340. The molecule has 8 heteroatoms. The second kappa shape index (κ2) is 7.86. The zero-order chi connectivity index (χ0) is 21.5. The van der Waals surface area contributed by atoms with Gasteiger partial charge in [-0.25, -0.2) is 0 Å². The van der Waals surface area contributed by atoms with Gasteiger partial charge in [-0.05, 0) is 41.5 Å². The Kier molecular flexibility index (Phi) is 5.03. The number of rotatable bonds is 4. The van der Waals surface area contributed by atoms with Crippen molar-refractivity contribution in [2.75, 3.05) is 5.32 Å². The van der Waals surface area contributed by atoms with Crippen molar-refractivity contribution in [2.24, 2.45) is 0 Å². The first-order chi connectivity index (χ1) is 15.0. The van der Waals surface area contributed by atoms with Gasteiger partial charge in [0.25, 0.3) is 5.91 Å². The van der Waals surface area contributed by atoms with E-state index in [0.717, 1.165) is 54.3 Å². The lowest BCUT2D eigenvalue weighted by Crippen LogP contribution is -2.13. The second-order valence-corrected chi connectivity index (χ2v) is 9.01. The fourth-order valence-electron chi connectivity index (χ4n) is 3.54. The summed E-state index contributed by atoms with van der Waals surface area (Å²) >= 11 is 5.05. The molecule has 2 heterocycles. The molecule has 154 valence electrons. The van der Waals surface area contributed by atoms with E-state index < -0.39 is 0 Å². The molecule has 0 bridgehead atoms. The topological polar surface area (TPSA) is 72.2 Å². The van der Waals surface area contributed by atoms with Crippen LogP contribution in [0.5, 0.6) is 0 Å². The summed E-state index contributed by atoms with van der Waals surface area (Å²) in [7, 11) is 0. The van der Waals surface area contributed by atoms with Crippen LogP contribution in [0, 0.1) is 6.92 Å². The van der Waals surface area contributed by atoms with E-state index in [1.165, 1.54) is 11.3 Å². The summed E-state index contributed by atoms with van der Waals surface area (Å²) in [6, 6.07) is 17.6. The number of nitrogens with one attached hydrogen (secondary N) is 1. The molecule has 5 aromatic rings. The minimum absolute atomic E-state index is 0.143. The van der Waals surface area contributed by atoms with Gasteiger partial charge in [0.15, 0.2) is 5.82 Å². The number of fused-ring (bicyclic) bond motifs is 2. The molecule has 0 radical (unpaired) electrons. The minimum atomic E-state index is -0.143. The third-order valence-electron chi connectivity index (χ3n) is 5.22. The molecule has 0 atom stereocenters. The Morgan fingerprint density at radius 1 is 1.10 bits per heavy atom. The normalized spacial score (nSPS) is 11.3. The number of benzene rings is 3. The highest BCUT2D eigenvalue weighted by molar-refractivity contribution is 9.10. The van der Waals surface area contributed by atoms with Crippen molar-refractivity contribution < 1.29 is 4.79 Å². The van der Waals surface area contributed by atoms with Gasteiger partial charge in [-0.1, -0.05) is 70.6 Å². The molecule has 0 fully saturated rings. The van der Waals surface area contributed by atoms with Crippen molar-refractivity contribution in [3.05, 3.63) is 76.0 Å². The Bertz CT molecular complexity index is 1460. The zero-order valence-corrected chi connectivity index (χ0v) is 19.3. The molecule has 0 unspecified atom stereocenters. The molecule has 2 aromatic heterocycles. The van der Waals surface area contributed by atoms with E-state index in [-0.39, 0.29) is 5.91 Å². The van der Waals surface area contributed by atoms with Crippen LogP contribution in [0.15, 0.2) is 59.1 Å². The molecule has 0 aliphatic carbocycles. The lowest BCUT2D eigenvalue weighted by Gasteiger charge is -2.12. The number of amides is 1. The molecular formula is C23H18BrN5OS. The summed E-state index contributed by atoms with van der Waals surface area (Å²) in [6.45, 7) is 4.01. The van der Waals surface area contributed by atoms with E-state index in [4.69, 9.17) is 0 Å². The van der Waals surface area contributed by atoms with Crippen LogP contribution in [0.25, 0.3) is 26.3 Å². The Morgan fingerprint density at radius 2 is 1.90 bits per heavy atom. The largest absolute Gasteiger partial charge is 0.322 e. The lowest BCUT2D eigenvalue weighted by molar-refractivity contribution is 0.102. The van der Waals surface area contributed by atoms with Crippen molar-refractivity contribution in [1.29, 1.82) is 0 Å². The van der Waals surface area contributed by atoms with Crippen LogP contribution in [0.1, 0.15) is 28.7 Å². The highest BCUT2D eigenvalue weighted by Crippen LogP contribution is 2.31. The Balaban J connectivity index is 1.50. The predicted molar refractivity (Wildman–Crippen MR) is 128 cm³/mol. The molecule has 3 aromatic carbocycles. The SMILES string of the molecule is CCc1nnc2sc(-c3ccc(C)c(NC(=O)c4cccc5c(Br)cccc45)c3)nn12. The number of hydrogen-bond donors (Lipinski definition) is 1. The molecule has 0 saturated carbocycles. The number of hydrogen-bond acceptors (Lipinski definition) is 5. The van der Waals surface area contributed by atoms with Gasteiger partial charge >= 0.3 is 0 Å². The van der Waals surface area contributed by atoms with Gasteiger partial charge in [-0.2, -0.15) is 9.61 Å². The summed E-state index contributed by atoms with van der Waals surface area (Å²) < 4.78 is 2.75. The van der Waals surface area contributed by atoms with E-state index in [2.05, 4.69) is 36.5 Å². The standard InChI is InChI=1S/C23H18BrN5OS/c1-3-20-26-27-23-29(20)28-22(31-23)14-11-10-13(2)19(12-14)25-21(30)17-8-4-7-16-15(17)6-5-9-18(16)24/h4-12H,3H2,1-2H3,(H,25,30). The van der Waals surface area contributed by atoms with Crippen molar-refractivity contribution >= 4 is 54.6 Å².